The third kappa shape index (κ3) is 3.86. The predicted molar refractivity (Wildman–Crippen MR) is 92.2 cm³/mol. The maximum atomic E-state index is 6.21. The fraction of sp³-hybridized carbons (Fsp3) is 0.294. The average molecular weight is 384 g/mol. The maximum absolute atomic E-state index is 6.21. The molecule has 22 heavy (non-hydrogen) atoms. The number of halogens is 1. The van der Waals surface area contributed by atoms with Crippen LogP contribution in [0.3, 0.4) is 0 Å². The molecule has 2 nitrogen and oxygen atoms in total. The molecule has 0 amide bonds. The summed E-state index contributed by atoms with van der Waals surface area (Å²) in [5, 5.41) is 0.798. The summed E-state index contributed by atoms with van der Waals surface area (Å²) in [6.07, 6.45) is 1.12. The van der Waals surface area contributed by atoms with Gasteiger partial charge in [0.15, 0.2) is 0 Å². The number of anilines is 2. The Morgan fingerprint density at radius 2 is 1.77 bits per heavy atom. The molecule has 1 heterocycles. The van der Waals surface area contributed by atoms with Crippen LogP contribution in [0.5, 0.6) is 0 Å². The van der Waals surface area contributed by atoms with Gasteiger partial charge in [-0.25, -0.2) is 0 Å². The monoisotopic (exact) mass is 382 g/mol. The number of benzene rings is 2. The fourth-order valence-electron chi connectivity index (χ4n) is 2.59. The second-order valence-corrected chi connectivity index (χ2v) is 7.01. The van der Waals surface area contributed by atoms with Crippen molar-refractivity contribution in [1.29, 1.82) is 0 Å². The molecule has 0 aliphatic carbocycles. The molecule has 0 bridgehead atoms. The van der Waals surface area contributed by atoms with Crippen LogP contribution in [0.1, 0.15) is 6.42 Å². The summed E-state index contributed by atoms with van der Waals surface area (Å²) in [6.45, 7) is 2.09. The van der Waals surface area contributed by atoms with Crippen LogP contribution in [0.15, 0.2) is 52.3 Å². The van der Waals surface area contributed by atoms with Crippen LogP contribution in [0.2, 0.25) is 5.02 Å². The SMILES string of the molecule is CN(C)CCCN1c2ccccc2Sc2ccc(Cl)cc21.[Zn]. The first kappa shape index (κ1) is 17.8. The quantitative estimate of drug-likeness (QED) is 0.693. The molecular formula is C17H19ClN2SZn. The molecule has 1 aliphatic heterocycles. The molecule has 2 aromatic rings. The summed E-state index contributed by atoms with van der Waals surface area (Å²) in [7, 11) is 4.23. The van der Waals surface area contributed by atoms with Gasteiger partial charge < -0.3 is 9.80 Å². The summed E-state index contributed by atoms with van der Waals surface area (Å²) in [5.74, 6) is 0. The van der Waals surface area contributed by atoms with E-state index in [1.54, 1.807) is 0 Å². The first-order chi connectivity index (χ1) is 10.1. The van der Waals surface area contributed by atoms with Crippen molar-refractivity contribution in [1.82, 2.24) is 4.90 Å². The van der Waals surface area contributed by atoms with Crippen molar-refractivity contribution >= 4 is 34.7 Å². The van der Waals surface area contributed by atoms with Crippen molar-refractivity contribution < 1.29 is 19.5 Å². The third-order valence-electron chi connectivity index (χ3n) is 3.57. The van der Waals surface area contributed by atoms with Gasteiger partial charge in [0.05, 0.1) is 11.4 Å². The van der Waals surface area contributed by atoms with Gasteiger partial charge in [-0.3, -0.25) is 0 Å². The van der Waals surface area contributed by atoms with Crippen molar-refractivity contribution in [3.8, 4) is 0 Å². The average Bonchev–Trinajstić information content (AvgIpc) is 2.46. The molecule has 5 heteroatoms. The van der Waals surface area contributed by atoms with Gasteiger partial charge in [0.1, 0.15) is 0 Å². The summed E-state index contributed by atoms with van der Waals surface area (Å²) in [5.41, 5.74) is 2.51. The van der Waals surface area contributed by atoms with Crippen LogP contribution in [0, 0.1) is 0 Å². The van der Waals surface area contributed by atoms with Crippen LogP contribution in [0.4, 0.5) is 11.4 Å². The molecule has 2 aromatic carbocycles. The van der Waals surface area contributed by atoms with E-state index < -0.39 is 0 Å². The van der Waals surface area contributed by atoms with Crippen LogP contribution in [-0.4, -0.2) is 32.1 Å². The van der Waals surface area contributed by atoms with E-state index >= 15 is 0 Å². The zero-order valence-electron chi connectivity index (χ0n) is 13.1. The van der Waals surface area contributed by atoms with Gasteiger partial charge >= 0.3 is 0 Å². The Kier molecular flexibility index (Phi) is 6.34. The number of para-hydroxylation sites is 1. The molecule has 1 aliphatic rings. The van der Waals surface area contributed by atoms with E-state index in [0.717, 1.165) is 24.5 Å². The summed E-state index contributed by atoms with van der Waals surface area (Å²) in [4.78, 5) is 7.22. The molecular weight excluding hydrogens is 365 g/mol. The van der Waals surface area contributed by atoms with Gasteiger partial charge in [-0.05, 0) is 57.4 Å². The zero-order valence-corrected chi connectivity index (χ0v) is 17.6. The van der Waals surface area contributed by atoms with Gasteiger partial charge in [0, 0.05) is 40.8 Å². The van der Waals surface area contributed by atoms with Crippen LogP contribution >= 0.6 is 23.4 Å². The third-order valence-corrected chi connectivity index (χ3v) is 4.94. The van der Waals surface area contributed by atoms with Crippen LogP contribution in [-0.2, 0) is 19.5 Å². The van der Waals surface area contributed by atoms with Crippen molar-refractivity contribution in [3.05, 3.63) is 47.5 Å². The number of fused-ring (bicyclic) bond motifs is 2. The minimum absolute atomic E-state index is 0. The van der Waals surface area contributed by atoms with Crippen molar-refractivity contribution in [3.63, 3.8) is 0 Å². The second kappa shape index (κ2) is 7.83. The number of rotatable bonds is 4. The normalized spacial score (nSPS) is 12.6. The first-order valence-corrected chi connectivity index (χ1v) is 8.33. The first-order valence-electron chi connectivity index (χ1n) is 7.14. The molecule has 0 spiro atoms. The van der Waals surface area contributed by atoms with Gasteiger partial charge in [-0.1, -0.05) is 35.5 Å². The summed E-state index contributed by atoms with van der Waals surface area (Å²) < 4.78 is 0. The standard InChI is InChI=1S/C17H19ClN2S.Zn/c1-19(2)10-5-11-20-14-6-3-4-7-16(14)21-17-9-8-13(18)12-15(17)20;/h3-4,6-9,12H,5,10-11H2,1-2H3;. The molecule has 0 atom stereocenters. The number of hydrogen-bond acceptors (Lipinski definition) is 3. The van der Waals surface area contributed by atoms with E-state index in [-0.39, 0.29) is 19.5 Å². The van der Waals surface area contributed by atoms with Crippen molar-refractivity contribution in [2.24, 2.45) is 0 Å². The van der Waals surface area contributed by atoms with E-state index in [1.807, 2.05) is 17.8 Å². The molecule has 0 fully saturated rings. The summed E-state index contributed by atoms with van der Waals surface area (Å²) >= 11 is 8.03. The Hall–Kier alpha value is -0.537. The Morgan fingerprint density at radius 1 is 1.05 bits per heavy atom. The molecule has 0 saturated heterocycles. The Bertz CT molecular complexity index is 648. The number of nitrogens with zero attached hydrogens (tertiary/aromatic N) is 2. The van der Waals surface area contributed by atoms with Gasteiger partial charge in [-0.2, -0.15) is 0 Å². The molecule has 0 saturated carbocycles. The Labute approximate surface area is 154 Å². The van der Waals surface area contributed by atoms with Gasteiger partial charge in [0.2, 0.25) is 0 Å². The minimum Gasteiger partial charge on any atom is -0.340 e. The maximum Gasteiger partial charge on any atom is 0.0567 e. The van der Waals surface area contributed by atoms with E-state index in [0.29, 0.717) is 0 Å². The molecule has 0 N–H and O–H groups in total. The van der Waals surface area contributed by atoms with E-state index in [2.05, 4.69) is 60.3 Å². The molecule has 3 rings (SSSR count). The van der Waals surface area contributed by atoms with Crippen molar-refractivity contribution in [2.45, 2.75) is 16.2 Å². The number of hydrogen-bond donors (Lipinski definition) is 0. The smallest absolute Gasteiger partial charge is 0.0567 e. The largest absolute Gasteiger partial charge is 0.340 e. The van der Waals surface area contributed by atoms with Gasteiger partial charge in [0.25, 0.3) is 0 Å². The minimum atomic E-state index is 0. The van der Waals surface area contributed by atoms with Crippen LogP contribution in [0.25, 0.3) is 0 Å². The van der Waals surface area contributed by atoms with E-state index in [1.165, 1.54) is 21.2 Å². The fourth-order valence-corrected chi connectivity index (χ4v) is 3.83. The molecule has 0 aromatic heterocycles. The second-order valence-electron chi connectivity index (χ2n) is 5.49. The molecule has 0 unspecified atom stereocenters. The van der Waals surface area contributed by atoms with Crippen molar-refractivity contribution in [2.75, 3.05) is 32.1 Å². The molecule has 112 valence electrons. The Morgan fingerprint density at radius 3 is 2.55 bits per heavy atom. The van der Waals surface area contributed by atoms with Gasteiger partial charge in [-0.15, -0.1) is 0 Å². The zero-order chi connectivity index (χ0) is 14.8. The van der Waals surface area contributed by atoms with E-state index in [9.17, 15) is 0 Å². The Balaban J connectivity index is 0.00000176. The predicted octanol–water partition coefficient (Wildman–Crippen LogP) is 4.89. The summed E-state index contributed by atoms with van der Waals surface area (Å²) in [6, 6.07) is 14.8. The topological polar surface area (TPSA) is 6.48 Å². The molecule has 0 radical (unpaired) electrons. The van der Waals surface area contributed by atoms with E-state index in [4.69, 9.17) is 11.6 Å². The van der Waals surface area contributed by atoms with Crippen LogP contribution < -0.4 is 4.90 Å².